The molecule has 158 valence electrons. The molecule has 0 heterocycles. The van der Waals surface area contributed by atoms with Gasteiger partial charge in [-0.05, 0) is 54.7 Å². The maximum Gasteiger partial charge on any atom is 0.416 e. The van der Waals surface area contributed by atoms with Gasteiger partial charge in [-0.3, -0.25) is 10.2 Å². The molecule has 1 amide bonds. The topological polar surface area (TPSA) is 75.3 Å². The Hall–Kier alpha value is -2.39. The summed E-state index contributed by atoms with van der Waals surface area (Å²) in [5.41, 5.74) is 3.00. The van der Waals surface area contributed by atoms with Gasteiger partial charge in [-0.2, -0.15) is 13.2 Å². The van der Waals surface area contributed by atoms with Crippen LogP contribution in [0.15, 0.2) is 53.4 Å². The van der Waals surface area contributed by atoms with Crippen LogP contribution in [0, 0.1) is 5.92 Å². The zero-order valence-electron chi connectivity index (χ0n) is 16.2. The van der Waals surface area contributed by atoms with Gasteiger partial charge in [0.2, 0.25) is 5.91 Å². The van der Waals surface area contributed by atoms with Crippen LogP contribution in [0.1, 0.15) is 43.4 Å². The van der Waals surface area contributed by atoms with Crippen LogP contribution >= 0.6 is 0 Å². The number of halogens is 3. The second-order valence-corrected chi connectivity index (χ2v) is 8.86. The fourth-order valence-electron chi connectivity index (χ4n) is 2.67. The lowest BCUT2D eigenvalue weighted by atomic mass is 9.96. The predicted molar refractivity (Wildman–Crippen MR) is 103 cm³/mol. The van der Waals surface area contributed by atoms with Crippen molar-refractivity contribution in [1.82, 2.24) is 10.3 Å². The third-order valence-electron chi connectivity index (χ3n) is 4.32. The standard InChI is InChI=1S/C20H23F3N2O3S/c1-13(2)12-15-4-6-16(7-5-15)14(3)19(26)24-25-29(27,28)18-10-8-17(9-11-18)20(21,22)23/h4-11,13-14,25H,12H2,1-3H3,(H,24,26). The number of hydrazine groups is 1. The Morgan fingerprint density at radius 2 is 1.52 bits per heavy atom. The van der Waals surface area contributed by atoms with Crippen LogP contribution in [0.4, 0.5) is 13.2 Å². The summed E-state index contributed by atoms with van der Waals surface area (Å²) in [6, 6.07) is 10.5. The summed E-state index contributed by atoms with van der Waals surface area (Å²) in [6.45, 7) is 5.83. The highest BCUT2D eigenvalue weighted by Crippen LogP contribution is 2.29. The Labute approximate surface area is 168 Å². The summed E-state index contributed by atoms with van der Waals surface area (Å²) in [5.74, 6) is -0.711. The van der Waals surface area contributed by atoms with E-state index in [0.29, 0.717) is 23.6 Å². The quantitative estimate of drug-likeness (QED) is 0.654. The van der Waals surface area contributed by atoms with E-state index >= 15 is 0 Å². The molecule has 0 aliphatic rings. The Bertz CT molecular complexity index is 938. The van der Waals surface area contributed by atoms with E-state index in [-0.39, 0.29) is 0 Å². The minimum atomic E-state index is -4.57. The second kappa shape index (κ2) is 8.96. The number of carbonyl (C=O) groups is 1. The molecule has 0 radical (unpaired) electrons. The number of carbonyl (C=O) groups excluding carboxylic acids is 1. The van der Waals surface area contributed by atoms with Crippen molar-refractivity contribution < 1.29 is 26.4 Å². The van der Waals surface area contributed by atoms with Crippen LogP contribution in [0.2, 0.25) is 0 Å². The molecule has 29 heavy (non-hydrogen) atoms. The van der Waals surface area contributed by atoms with Gasteiger partial charge in [0.15, 0.2) is 0 Å². The van der Waals surface area contributed by atoms with Crippen molar-refractivity contribution in [2.24, 2.45) is 5.92 Å². The highest BCUT2D eigenvalue weighted by Gasteiger charge is 2.30. The molecule has 2 N–H and O–H groups in total. The summed E-state index contributed by atoms with van der Waals surface area (Å²) >= 11 is 0. The van der Waals surface area contributed by atoms with Gasteiger partial charge < -0.3 is 0 Å². The van der Waals surface area contributed by atoms with Crippen molar-refractivity contribution in [3.63, 3.8) is 0 Å². The van der Waals surface area contributed by atoms with Crippen LogP contribution < -0.4 is 10.3 Å². The summed E-state index contributed by atoms with van der Waals surface area (Å²) in [5, 5.41) is 0. The zero-order chi connectivity index (χ0) is 21.8. The van der Waals surface area contributed by atoms with E-state index < -0.39 is 38.5 Å². The van der Waals surface area contributed by atoms with Crippen molar-refractivity contribution in [3.8, 4) is 0 Å². The van der Waals surface area contributed by atoms with Crippen molar-refractivity contribution in [2.45, 2.75) is 44.2 Å². The lowest BCUT2D eigenvalue weighted by Crippen LogP contribution is -2.43. The number of nitrogens with one attached hydrogen (secondary N) is 2. The molecule has 0 fully saturated rings. The van der Waals surface area contributed by atoms with E-state index in [1.54, 1.807) is 6.92 Å². The molecule has 5 nitrogen and oxygen atoms in total. The van der Waals surface area contributed by atoms with Gasteiger partial charge in [0, 0.05) is 0 Å². The monoisotopic (exact) mass is 428 g/mol. The Kier molecular flexibility index (Phi) is 7.07. The zero-order valence-corrected chi connectivity index (χ0v) is 17.1. The van der Waals surface area contributed by atoms with Crippen molar-refractivity contribution in [3.05, 3.63) is 65.2 Å². The summed E-state index contributed by atoms with van der Waals surface area (Å²) < 4.78 is 62.1. The van der Waals surface area contributed by atoms with Crippen LogP contribution in [-0.2, 0) is 27.4 Å². The molecule has 0 bridgehead atoms. The largest absolute Gasteiger partial charge is 0.416 e. The first-order valence-corrected chi connectivity index (χ1v) is 10.5. The lowest BCUT2D eigenvalue weighted by molar-refractivity contribution is -0.137. The molecule has 0 aromatic heterocycles. The highest BCUT2D eigenvalue weighted by molar-refractivity contribution is 7.89. The molecule has 1 unspecified atom stereocenters. The predicted octanol–water partition coefficient (Wildman–Crippen LogP) is 4.02. The van der Waals surface area contributed by atoms with Crippen molar-refractivity contribution >= 4 is 15.9 Å². The van der Waals surface area contributed by atoms with E-state index in [1.165, 1.54) is 0 Å². The third kappa shape index (κ3) is 6.30. The van der Waals surface area contributed by atoms with Gasteiger partial charge >= 0.3 is 6.18 Å². The number of sulfonamides is 1. The smallest absolute Gasteiger partial charge is 0.277 e. The molecule has 1 atom stereocenters. The molecule has 2 aromatic carbocycles. The third-order valence-corrected chi connectivity index (χ3v) is 5.58. The van der Waals surface area contributed by atoms with Crippen LogP contribution in [0.3, 0.4) is 0 Å². The molecule has 2 rings (SSSR count). The maximum atomic E-state index is 12.6. The fraction of sp³-hybridized carbons (Fsp3) is 0.350. The maximum absolute atomic E-state index is 12.6. The minimum Gasteiger partial charge on any atom is -0.277 e. The van der Waals surface area contributed by atoms with Crippen LogP contribution in [0.25, 0.3) is 0 Å². The summed E-state index contributed by atoms with van der Waals surface area (Å²) in [6.07, 6.45) is -3.65. The van der Waals surface area contributed by atoms with Gasteiger partial charge in [-0.15, -0.1) is 4.83 Å². The molecule has 0 saturated carbocycles. The number of hydrogen-bond donors (Lipinski definition) is 2. The van der Waals surface area contributed by atoms with E-state index in [1.807, 2.05) is 29.1 Å². The molecule has 0 saturated heterocycles. The molecule has 0 aliphatic heterocycles. The number of rotatable bonds is 7. The van der Waals surface area contributed by atoms with Crippen LogP contribution in [-0.4, -0.2) is 14.3 Å². The van der Waals surface area contributed by atoms with Gasteiger partial charge in [0.05, 0.1) is 16.4 Å². The molecular weight excluding hydrogens is 405 g/mol. The van der Waals surface area contributed by atoms with Crippen molar-refractivity contribution in [2.75, 3.05) is 0 Å². The fourth-order valence-corrected chi connectivity index (χ4v) is 3.52. The van der Waals surface area contributed by atoms with Gasteiger partial charge in [0.1, 0.15) is 0 Å². The Morgan fingerprint density at radius 3 is 2.00 bits per heavy atom. The molecule has 9 heteroatoms. The minimum absolute atomic E-state index is 0.392. The van der Waals surface area contributed by atoms with E-state index in [2.05, 4.69) is 19.3 Å². The number of benzene rings is 2. The summed E-state index contributed by atoms with van der Waals surface area (Å²) in [7, 11) is -4.20. The van der Waals surface area contributed by atoms with E-state index in [4.69, 9.17) is 0 Å². The Morgan fingerprint density at radius 1 is 0.966 bits per heavy atom. The van der Waals surface area contributed by atoms with Gasteiger partial charge in [-0.25, -0.2) is 8.42 Å². The number of amides is 1. The summed E-state index contributed by atoms with van der Waals surface area (Å²) in [4.78, 5) is 13.8. The first-order valence-electron chi connectivity index (χ1n) is 8.98. The van der Waals surface area contributed by atoms with E-state index in [0.717, 1.165) is 24.1 Å². The number of alkyl halides is 3. The van der Waals surface area contributed by atoms with Gasteiger partial charge in [0.25, 0.3) is 10.0 Å². The van der Waals surface area contributed by atoms with E-state index in [9.17, 15) is 26.4 Å². The van der Waals surface area contributed by atoms with Crippen LogP contribution in [0.5, 0.6) is 0 Å². The Balaban J connectivity index is 2.01. The molecule has 0 aliphatic carbocycles. The normalized spacial score (nSPS) is 13.3. The molecule has 0 spiro atoms. The number of hydrogen-bond acceptors (Lipinski definition) is 3. The lowest BCUT2D eigenvalue weighted by Gasteiger charge is -2.15. The average Bonchev–Trinajstić information content (AvgIpc) is 2.65. The van der Waals surface area contributed by atoms with Gasteiger partial charge in [-0.1, -0.05) is 38.1 Å². The van der Waals surface area contributed by atoms with Crippen molar-refractivity contribution in [1.29, 1.82) is 0 Å². The highest BCUT2D eigenvalue weighted by atomic mass is 32.2. The molecular formula is C20H23F3N2O3S. The first kappa shape index (κ1) is 22.9. The molecule has 2 aromatic rings. The second-order valence-electron chi connectivity index (χ2n) is 7.18. The average molecular weight is 428 g/mol. The first-order chi connectivity index (χ1) is 13.4. The SMILES string of the molecule is CC(C)Cc1ccc(C(C)C(=O)NNS(=O)(=O)c2ccc(C(F)(F)F)cc2)cc1.